The van der Waals surface area contributed by atoms with Gasteiger partial charge in [-0.3, -0.25) is 4.98 Å². The summed E-state index contributed by atoms with van der Waals surface area (Å²) in [6, 6.07) is 15.7. The Balaban J connectivity index is 0.00000280. The van der Waals surface area contributed by atoms with Gasteiger partial charge < -0.3 is 15.4 Å². The quantitative estimate of drug-likeness (QED) is 0.285. The van der Waals surface area contributed by atoms with Crippen LogP contribution < -0.4 is 15.4 Å². The van der Waals surface area contributed by atoms with Crippen molar-refractivity contribution in [3.63, 3.8) is 0 Å². The summed E-state index contributed by atoms with van der Waals surface area (Å²) in [7, 11) is 1.64. The molecule has 0 amide bonds. The van der Waals surface area contributed by atoms with E-state index in [1.54, 1.807) is 13.2 Å². The van der Waals surface area contributed by atoms with Crippen LogP contribution in [0.1, 0.15) is 18.1 Å². The number of nitrogens with zero attached hydrogens (tertiary/aromatic N) is 2. The Morgan fingerprint density at radius 3 is 2.71 bits per heavy atom. The van der Waals surface area contributed by atoms with Crippen molar-refractivity contribution in [3.8, 4) is 5.75 Å². The van der Waals surface area contributed by atoms with Crippen molar-refractivity contribution in [2.75, 3.05) is 13.7 Å². The number of pyridine rings is 1. The first-order valence-electron chi connectivity index (χ1n) is 8.88. The van der Waals surface area contributed by atoms with Gasteiger partial charge in [-0.05, 0) is 36.8 Å². The number of halogens is 2. The number of para-hydroxylation sites is 1. The molecule has 0 aliphatic heterocycles. The van der Waals surface area contributed by atoms with Gasteiger partial charge in [-0.1, -0.05) is 35.9 Å². The van der Waals surface area contributed by atoms with Gasteiger partial charge in [0.2, 0.25) is 0 Å². The first-order chi connectivity index (χ1) is 13.2. The molecule has 2 aromatic carbocycles. The number of ether oxygens (including phenoxy) is 1. The monoisotopic (exact) mass is 510 g/mol. The first kappa shape index (κ1) is 22.2. The van der Waals surface area contributed by atoms with Gasteiger partial charge in [0.05, 0.1) is 19.2 Å². The Morgan fingerprint density at radius 2 is 1.93 bits per heavy atom. The SMILES string of the molecule is CCNC(=NCc1ccc(Cl)cc1OC)NCc1ccnc2ccccc12.I. The van der Waals surface area contributed by atoms with E-state index in [0.717, 1.165) is 34.7 Å². The molecular formula is C21H24ClIN4O. The van der Waals surface area contributed by atoms with Crippen LogP contribution in [0.2, 0.25) is 5.02 Å². The Kier molecular flexibility index (Phi) is 8.79. The highest BCUT2D eigenvalue weighted by atomic mass is 127. The lowest BCUT2D eigenvalue weighted by molar-refractivity contribution is 0.410. The lowest BCUT2D eigenvalue weighted by Crippen LogP contribution is -2.36. The number of hydrogen-bond acceptors (Lipinski definition) is 3. The number of nitrogens with one attached hydrogen (secondary N) is 2. The summed E-state index contributed by atoms with van der Waals surface area (Å²) >= 11 is 6.03. The van der Waals surface area contributed by atoms with Crippen molar-refractivity contribution < 1.29 is 4.74 Å². The van der Waals surface area contributed by atoms with E-state index >= 15 is 0 Å². The third-order valence-corrected chi connectivity index (χ3v) is 4.42. The van der Waals surface area contributed by atoms with Crippen molar-refractivity contribution >= 4 is 52.4 Å². The van der Waals surface area contributed by atoms with E-state index in [-0.39, 0.29) is 24.0 Å². The normalized spacial score (nSPS) is 11.0. The zero-order valence-corrected chi connectivity index (χ0v) is 19.0. The van der Waals surface area contributed by atoms with Crippen molar-refractivity contribution in [3.05, 3.63) is 70.9 Å². The molecule has 3 rings (SSSR count). The molecule has 0 fully saturated rings. The molecule has 28 heavy (non-hydrogen) atoms. The van der Waals surface area contributed by atoms with Crippen LogP contribution in [0.5, 0.6) is 5.75 Å². The molecule has 0 aliphatic carbocycles. The molecule has 148 valence electrons. The third kappa shape index (κ3) is 5.72. The van der Waals surface area contributed by atoms with E-state index < -0.39 is 0 Å². The van der Waals surface area contributed by atoms with Gasteiger partial charge in [0.25, 0.3) is 0 Å². The molecule has 1 aromatic heterocycles. The predicted octanol–water partition coefficient (Wildman–Crippen LogP) is 4.77. The number of guanidine groups is 1. The third-order valence-electron chi connectivity index (χ3n) is 4.19. The molecule has 7 heteroatoms. The van der Waals surface area contributed by atoms with Crippen LogP contribution in [0.25, 0.3) is 10.9 Å². The summed E-state index contributed by atoms with van der Waals surface area (Å²) in [5.74, 6) is 1.48. The van der Waals surface area contributed by atoms with Crippen LogP contribution in [0.3, 0.4) is 0 Å². The highest BCUT2D eigenvalue weighted by Crippen LogP contribution is 2.23. The van der Waals surface area contributed by atoms with Crippen molar-refractivity contribution in [2.45, 2.75) is 20.0 Å². The first-order valence-corrected chi connectivity index (χ1v) is 9.26. The van der Waals surface area contributed by atoms with Crippen molar-refractivity contribution in [1.82, 2.24) is 15.6 Å². The lowest BCUT2D eigenvalue weighted by Gasteiger charge is -2.13. The van der Waals surface area contributed by atoms with E-state index in [4.69, 9.17) is 16.3 Å². The number of aromatic nitrogens is 1. The molecule has 0 aliphatic rings. The van der Waals surface area contributed by atoms with Crippen LogP contribution in [-0.4, -0.2) is 24.6 Å². The highest BCUT2D eigenvalue weighted by molar-refractivity contribution is 14.0. The standard InChI is InChI=1S/C21H23ClN4O.HI/c1-3-23-21(26-14-16-8-9-17(22)12-20(16)27-2)25-13-15-10-11-24-19-7-5-4-6-18(15)19;/h4-12H,3,13-14H2,1-2H3,(H2,23,25,26);1H. The molecule has 0 saturated carbocycles. The van der Waals surface area contributed by atoms with Crippen LogP contribution >= 0.6 is 35.6 Å². The Morgan fingerprint density at radius 1 is 1.11 bits per heavy atom. The van der Waals surface area contributed by atoms with E-state index in [1.807, 2.05) is 49.5 Å². The van der Waals surface area contributed by atoms with Crippen LogP contribution in [-0.2, 0) is 13.1 Å². The maximum Gasteiger partial charge on any atom is 0.191 e. The summed E-state index contributed by atoms with van der Waals surface area (Å²) in [6.45, 7) is 3.97. The Labute approximate surface area is 187 Å². The number of fused-ring (bicyclic) bond motifs is 1. The molecule has 1 heterocycles. The zero-order chi connectivity index (χ0) is 19.1. The molecule has 0 bridgehead atoms. The molecule has 0 radical (unpaired) electrons. The fourth-order valence-electron chi connectivity index (χ4n) is 2.84. The summed E-state index contributed by atoms with van der Waals surface area (Å²) in [5.41, 5.74) is 3.15. The minimum Gasteiger partial charge on any atom is -0.496 e. The molecule has 0 spiro atoms. The van der Waals surface area contributed by atoms with E-state index in [9.17, 15) is 0 Å². The van der Waals surface area contributed by atoms with Gasteiger partial charge in [0.1, 0.15) is 5.75 Å². The zero-order valence-electron chi connectivity index (χ0n) is 15.9. The molecule has 2 N–H and O–H groups in total. The minimum absolute atomic E-state index is 0. The van der Waals surface area contributed by atoms with E-state index in [0.29, 0.717) is 18.1 Å². The van der Waals surface area contributed by atoms with Crippen LogP contribution in [0.15, 0.2) is 59.7 Å². The van der Waals surface area contributed by atoms with E-state index in [1.165, 1.54) is 5.56 Å². The number of methoxy groups -OCH3 is 1. The Bertz CT molecular complexity index is 943. The van der Waals surface area contributed by atoms with Gasteiger partial charge >= 0.3 is 0 Å². The number of aliphatic imine (C=N–C) groups is 1. The van der Waals surface area contributed by atoms with Crippen LogP contribution in [0.4, 0.5) is 0 Å². The molecule has 0 unspecified atom stereocenters. The topological polar surface area (TPSA) is 58.5 Å². The summed E-state index contributed by atoms with van der Waals surface area (Å²) in [6.07, 6.45) is 1.84. The predicted molar refractivity (Wildman–Crippen MR) is 127 cm³/mol. The van der Waals surface area contributed by atoms with Gasteiger partial charge in [-0.2, -0.15) is 0 Å². The summed E-state index contributed by atoms with van der Waals surface area (Å²) < 4.78 is 5.39. The smallest absolute Gasteiger partial charge is 0.191 e. The molecule has 5 nitrogen and oxygen atoms in total. The average molecular weight is 511 g/mol. The molecule has 0 atom stereocenters. The highest BCUT2D eigenvalue weighted by Gasteiger charge is 2.06. The number of rotatable bonds is 6. The van der Waals surface area contributed by atoms with Crippen molar-refractivity contribution in [1.29, 1.82) is 0 Å². The van der Waals surface area contributed by atoms with E-state index in [2.05, 4.69) is 26.7 Å². The van der Waals surface area contributed by atoms with Gasteiger partial charge in [-0.15, -0.1) is 24.0 Å². The lowest BCUT2D eigenvalue weighted by atomic mass is 10.1. The van der Waals surface area contributed by atoms with Crippen molar-refractivity contribution in [2.24, 2.45) is 4.99 Å². The summed E-state index contributed by atoms with van der Waals surface area (Å²) in [5, 5.41) is 8.46. The fraction of sp³-hybridized carbons (Fsp3) is 0.238. The van der Waals surface area contributed by atoms with Crippen LogP contribution in [0, 0.1) is 0 Å². The molecule has 0 saturated heterocycles. The number of hydrogen-bond donors (Lipinski definition) is 2. The van der Waals surface area contributed by atoms with Gasteiger partial charge in [0.15, 0.2) is 5.96 Å². The van der Waals surface area contributed by atoms with Gasteiger partial charge in [0, 0.05) is 35.3 Å². The largest absolute Gasteiger partial charge is 0.496 e. The second-order valence-corrected chi connectivity index (χ2v) is 6.43. The maximum atomic E-state index is 6.03. The fourth-order valence-corrected chi connectivity index (χ4v) is 3.01. The maximum absolute atomic E-state index is 6.03. The average Bonchev–Trinajstić information content (AvgIpc) is 2.70. The Hall–Kier alpha value is -2.06. The molecule has 3 aromatic rings. The second kappa shape index (κ2) is 11.1. The second-order valence-electron chi connectivity index (χ2n) is 5.99. The minimum atomic E-state index is 0. The molecular weight excluding hydrogens is 487 g/mol. The number of benzene rings is 2. The van der Waals surface area contributed by atoms with Gasteiger partial charge in [-0.25, -0.2) is 4.99 Å². The summed E-state index contributed by atoms with van der Waals surface area (Å²) in [4.78, 5) is 9.08.